The van der Waals surface area contributed by atoms with Crippen LogP contribution in [0.15, 0.2) is 36.4 Å². The Hall–Kier alpha value is -3.07. The van der Waals surface area contributed by atoms with Gasteiger partial charge in [0.25, 0.3) is 5.91 Å². The second kappa shape index (κ2) is 9.89. The third kappa shape index (κ3) is 5.45. The highest BCUT2D eigenvalue weighted by Gasteiger charge is 2.35. The first kappa shape index (κ1) is 25.0. The van der Waals surface area contributed by atoms with E-state index >= 15 is 0 Å². The highest BCUT2D eigenvalue weighted by atomic mass is 35.5. The predicted octanol–water partition coefficient (Wildman–Crippen LogP) is 5.80. The number of methoxy groups -OCH3 is 1. The number of aryl methyl sites for hydroxylation is 1. The SMILES string of the molecule is COc1ccc(C(=O)N[C@H]2CC[C@@H](N(C)c3cc(C(F)(F)F)nc4ccc(Cl)cc34)CC2)c(C)n1. The average Bonchev–Trinajstić information content (AvgIpc) is 2.82. The quantitative estimate of drug-likeness (QED) is 0.474. The van der Waals surface area contributed by atoms with Crippen molar-refractivity contribution >= 4 is 34.1 Å². The van der Waals surface area contributed by atoms with Crippen LogP contribution in [0.3, 0.4) is 0 Å². The number of carbonyl (C=O) groups excluding carboxylic acids is 1. The zero-order valence-corrected chi connectivity index (χ0v) is 20.4. The summed E-state index contributed by atoms with van der Waals surface area (Å²) < 4.78 is 45.6. The molecule has 0 bridgehead atoms. The fraction of sp³-hybridized carbons (Fsp3) is 0.400. The third-order valence-electron chi connectivity index (χ3n) is 6.51. The van der Waals surface area contributed by atoms with E-state index in [1.807, 2.05) is 4.90 Å². The van der Waals surface area contributed by atoms with E-state index in [0.29, 0.717) is 58.9 Å². The van der Waals surface area contributed by atoms with E-state index in [4.69, 9.17) is 16.3 Å². The molecule has 1 aromatic carbocycles. The number of pyridine rings is 2. The van der Waals surface area contributed by atoms with Crippen molar-refractivity contribution in [2.75, 3.05) is 19.1 Å². The van der Waals surface area contributed by atoms with Gasteiger partial charge in [-0.15, -0.1) is 0 Å². The number of ether oxygens (including phenoxy) is 1. The Kier molecular flexibility index (Phi) is 7.07. The maximum Gasteiger partial charge on any atom is 0.433 e. The number of anilines is 1. The Morgan fingerprint density at radius 3 is 2.46 bits per heavy atom. The molecule has 0 atom stereocenters. The molecule has 1 saturated carbocycles. The number of rotatable bonds is 5. The van der Waals surface area contributed by atoms with E-state index in [0.717, 1.165) is 6.07 Å². The molecule has 2 heterocycles. The normalized spacial score (nSPS) is 18.4. The van der Waals surface area contributed by atoms with Gasteiger partial charge in [-0.25, -0.2) is 9.97 Å². The molecular formula is C25H26ClF3N4O2. The zero-order valence-electron chi connectivity index (χ0n) is 19.6. The monoisotopic (exact) mass is 506 g/mol. The van der Waals surface area contributed by atoms with Crippen LogP contribution in [0.25, 0.3) is 10.9 Å². The van der Waals surface area contributed by atoms with Crippen LogP contribution in [0, 0.1) is 6.92 Å². The summed E-state index contributed by atoms with van der Waals surface area (Å²) in [5, 5.41) is 4.07. The van der Waals surface area contributed by atoms with Gasteiger partial charge in [-0.1, -0.05) is 11.6 Å². The molecule has 10 heteroatoms. The number of benzene rings is 1. The van der Waals surface area contributed by atoms with Crippen LogP contribution < -0.4 is 15.0 Å². The lowest BCUT2D eigenvalue weighted by Gasteiger charge is -2.37. The number of aromatic nitrogens is 2. The van der Waals surface area contributed by atoms with Gasteiger partial charge < -0.3 is 15.0 Å². The molecule has 1 aliphatic carbocycles. The van der Waals surface area contributed by atoms with E-state index in [1.165, 1.54) is 19.2 Å². The Balaban J connectivity index is 1.48. The molecule has 1 amide bonds. The molecule has 186 valence electrons. The minimum atomic E-state index is -4.56. The molecule has 2 aromatic heterocycles. The Bertz CT molecular complexity index is 1240. The predicted molar refractivity (Wildman–Crippen MR) is 129 cm³/mol. The highest BCUT2D eigenvalue weighted by molar-refractivity contribution is 6.31. The molecule has 4 rings (SSSR count). The molecule has 1 fully saturated rings. The first-order valence-corrected chi connectivity index (χ1v) is 11.7. The third-order valence-corrected chi connectivity index (χ3v) is 6.75. The second-order valence-electron chi connectivity index (χ2n) is 8.76. The summed E-state index contributed by atoms with van der Waals surface area (Å²) in [5.41, 5.74) is 0.829. The van der Waals surface area contributed by atoms with Gasteiger partial charge in [-0.05, 0) is 62.9 Å². The Morgan fingerprint density at radius 1 is 1.11 bits per heavy atom. The van der Waals surface area contributed by atoms with E-state index in [2.05, 4.69) is 15.3 Å². The summed E-state index contributed by atoms with van der Waals surface area (Å²) >= 11 is 6.14. The van der Waals surface area contributed by atoms with Gasteiger partial charge in [-0.3, -0.25) is 4.79 Å². The number of hydrogen-bond donors (Lipinski definition) is 1. The molecule has 35 heavy (non-hydrogen) atoms. The van der Waals surface area contributed by atoms with Crippen LogP contribution in [0.5, 0.6) is 5.88 Å². The minimum Gasteiger partial charge on any atom is -0.481 e. The number of nitrogens with one attached hydrogen (secondary N) is 1. The number of fused-ring (bicyclic) bond motifs is 1. The van der Waals surface area contributed by atoms with E-state index in [-0.39, 0.29) is 23.5 Å². The van der Waals surface area contributed by atoms with Crippen LogP contribution in [0.4, 0.5) is 18.9 Å². The lowest BCUT2D eigenvalue weighted by Crippen LogP contribution is -2.43. The van der Waals surface area contributed by atoms with E-state index in [9.17, 15) is 18.0 Å². The highest BCUT2D eigenvalue weighted by Crippen LogP contribution is 2.37. The summed E-state index contributed by atoms with van der Waals surface area (Å²) in [6.07, 6.45) is -1.71. The standard InChI is InChI=1S/C25H26ClF3N4O2/c1-14-18(9-11-23(30-14)35-3)24(34)31-16-5-7-17(8-6-16)33(2)21-13-22(25(27,28)29)32-20-10-4-15(26)12-19(20)21/h4,9-13,16-17H,5-8H2,1-3H3,(H,31,34)/t16-,17+. The van der Waals surface area contributed by atoms with Crippen molar-refractivity contribution in [1.29, 1.82) is 0 Å². The maximum atomic E-state index is 13.5. The van der Waals surface area contributed by atoms with Crippen LogP contribution in [-0.2, 0) is 6.18 Å². The molecule has 1 aliphatic rings. The molecule has 1 N–H and O–H groups in total. The number of hydrogen-bond acceptors (Lipinski definition) is 5. The van der Waals surface area contributed by atoms with E-state index < -0.39 is 11.9 Å². The molecule has 6 nitrogen and oxygen atoms in total. The van der Waals surface area contributed by atoms with Crippen molar-refractivity contribution in [1.82, 2.24) is 15.3 Å². The average molecular weight is 507 g/mol. The van der Waals surface area contributed by atoms with E-state index in [1.54, 1.807) is 32.2 Å². The van der Waals surface area contributed by atoms with Crippen LogP contribution in [-0.4, -0.2) is 42.1 Å². The van der Waals surface area contributed by atoms with Crippen molar-refractivity contribution in [3.63, 3.8) is 0 Å². The van der Waals surface area contributed by atoms with Gasteiger partial charge in [0.2, 0.25) is 5.88 Å². The first-order chi connectivity index (χ1) is 16.6. The van der Waals surface area contributed by atoms with Gasteiger partial charge in [-0.2, -0.15) is 13.2 Å². The maximum absolute atomic E-state index is 13.5. The molecule has 0 saturated heterocycles. The van der Waals surface area contributed by atoms with Crippen molar-refractivity contribution in [2.24, 2.45) is 0 Å². The summed E-state index contributed by atoms with van der Waals surface area (Å²) in [6.45, 7) is 1.75. The molecule has 0 unspecified atom stereocenters. The van der Waals surface area contributed by atoms with Crippen molar-refractivity contribution in [2.45, 2.75) is 50.9 Å². The summed E-state index contributed by atoms with van der Waals surface area (Å²) in [6, 6.07) is 9.10. The number of carbonyl (C=O) groups is 1. The molecular weight excluding hydrogens is 481 g/mol. The summed E-state index contributed by atoms with van der Waals surface area (Å²) in [7, 11) is 3.32. The topological polar surface area (TPSA) is 67.3 Å². The molecule has 0 radical (unpaired) electrons. The summed E-state index contributed by atoms with van der Waals surface area (Å²) in [5.74, 6) is 0.250. The zero-order chi connectivity index (χ0) is 25.3. The molecule has 0 spiro atoms. The van der Waals surface area contributed by atoms with Gasteiger partial charge >= 0.3 is 6.18 Å². The van der Waals surface area contributed by atoms with Gasteiger partial charge in [0.1, 0.15) is 5.69 Å². The number of amides is 1. The Morgan fingerprint density at radius 2 is 1.83 bits per heavy atom. The lowest BCUT2D eigenvalue weighted by atomic mass is 9.89. The second-order valence-corrected chi connectivity index (χ2v) is 9.20. The number of halogens is 4. The molecule has 3 aromatic rings. The minimum absolute atomic E-state index is 0.0122. The molecule has 0 aliphatic heterocycles. The van der Waals surface area contributed by atoms with Crippen molar-refractivity contribution in [3.8, 4) is 5.88 Å². The fourth-order valence-electron chi connectivity index (χ4n) is 4.58. The van der Waals surface area contributed by atoms with Gasteiger partial charge in [0.15, 0.2) is 0 Å². The van der Waals surface area contributed by atoms with Gasteiger partial charge in [0.05, 0.1) is 23.9 Å². The fourth-order valence-corrected chi connectivity index (χ4v) is 4.75. The number of alkyl halides is 3. The van der Waals surface area contributed by atoms with Crippen LogP contribution >= 0.6 is 11.6 Å². The van der Waals surface area contributed by atoms with Crippen molar-refractivity contribution in [3.05, 3.63) is 58.4 Å². The van der Waals surface area contributed by atoms with Crippen LogP contribution in [0.1, 0.15) is 47.4 Å². The smallest absolute Gasteiger partial charge is 0.433 e. The first-order valence-electron chi connectivity index (χ1n) is 11.3. The van der Waals surface area contributed by atoms with Gasteiger partial charge in [0, 0.05) is 41.3 Å². The van der Waals surface area contributed by atoms with Crippen LogP contribution in [0.2, 0.25) is 5.02 Å². The number of nitrogens with zero attached hydrogens (tertiary/aromatic N) is 3. The largest absolute Gasteiger partial charge is 0.481 e. The Labute approximate surface area is 206 Å². The lowest BCUT2D eigenvalue weighted by molar-refractivity contribution is -0.140. The summed E-state index contributed by atoms with van der Waals surface area (Å²) in [4.78, 5) is 22.7. The van der Waals surface area contributed by atoms with Crippen molar-refractivity contribution < 1.29 is 22.7 Å².